The molecule has 1 atom stereocenters. The molecule has 160 valence electrons. The fourth-order valence-electron chi connectivity index (χ4n) is 3.76. The van der Waals surface area contributed by atoms with Crippen LogP contribution in [0.2, 0.25) is 0 Å². The Bertz CT molecular complexity index is 1160. The first kappa shape index (κ1) is 20.0. The van der Waals surface area contributed by atoms with Crippen LogP contribution < -0.4 is 5.32 Å². The van der Waals surface area contributed by atoms with Gasteiger partial charge in [0.15, 0.2) is 16.5 Å². The highest BCUT2D eigenvalue weighted by molar-refractivity contribution is 7.21. The number of nitrogens with zero attached hydrogens (tertiary/aromatic N) is 2. The molecule has 1 N–H and O–H groups in total. The maximum atomic E-state index is 12.8. The molecule has 5 rings (SSSR count). The minimum atomic E-state index is -0.256. The molecule has 31 heavy (non-hydrogen) atoms. The number of morpholine rings is 1. The predicted octanol–water partition coefficient (Wildman–Crippen LogP) is 4.26. The summed E-state index contributed by atoms with van der Waals surface area (Å²) in [5.41, 5.74) is 0.923. The molecule has 0 bridgehead atoms. The summed E-state index contributed by atoms with van der Waals surface area (Å²) >= 11 is 1.54. The number of carbonyl (C=O) groups excluding carboxylic acids is 1. The van der Waals surface area contributed by atoms with Gasteiger partial charge in [0.1, 0.15) is 11.5 Å². The maximum absolute atomic E-state index is 12.8. The summed E-state index contributed by atoms with van der Waals surface area (Å²) in [4.78, 5) is 19.7. The Morgan fingerprint density at radius 3 is 2.74 bits per heavy atom. The minimum absolute atomic E-state index is 0.0553. The number of para-hydroxylation sites is 1. The van der Waals surface area contributed by atoms with Gasteiger partial charge >= 0.3 is 0 Å². The van der Waals surface area contributed by atoms with Gasteiger partial charge in [-0.3, -0.25) is 9.69 Å². The molecule has 1 amide bonds. The average Bonchev–Trinajstić information content (AvgIpc) is 3.53. The van der Waals surface area contributed by atoms with E-state index in [0.29, 0.717) is 25.5 Å². The van der Waals surface area contributed by atoms with Crippen molar-refractivity contribution >= 4 is 27.5 Å². The van der Waals surface area contributed by atoms with Crippen LogP contribution in [0.4, 0.5) is 0 Å². The van der Waals surface area contributed by atoms with Crippen LogP contribution >= 0.6 is 11.3 Å². The van der Waals surface area contributed by atoms with Gasteiger partial charge in [-0.15, -0.1) is 11.3 Å². The quantitative estimate of drug-likeness (QED) is 0.485. The van der Waals surface area contributed by atoms with Gasteiger partial charge in [0.2, 0.25) is 0 Å². The minimum Gasteiger partial charge on any atom is -0.465 e. The summed E-state index contributed by atoms with van der Waals surface area (Å²) in [7, 11) is 0. The molecule has 0 saturated carbocycles. The Morgan fingerprint density at radius 2 is 1.97 bits per heavy atom. The van der Waals surface area contributed by atoms with E-state index in [2.05, 4.69) is 15.2 Å². The van der Waals surface area contributed by atoms with Crippen molar-refractivity contribution in [2.75, 3.05) is 32.8 Å². The Labute approximate surface area is 183 Å². The van der Waals surface area contributed by atoms with Crippen LogP contribution in [0.3, 0.4) is 0 Å². The highest BCUT2D eigenvalue weighted by Crippen LogP contribution is 2.31. The first-order chi connectivity index (χ1) is 15.2. The Morgan fingerprint density at radius 1 is 1.13 bits per heavy atom. The molecule has 1 aliphatic heterocycles. The van der Waals surface area contributed by atoms with E-state index >= 15 is 0 Å². The lowest BCUT2D eigenvalue weighted by Crippen LogP contribution is -2.43. The van der Waals surface area contributed by atoms with Crippen LogP contribution in [-0.4, -0.2) is 48.6 Å². The van der Waals surface area contributed by atoms with Gasteiger partial charge in [-0.05, 0) is 43.3 Å². The van der Waals surface area contributed by atoms with E-state index in [1.54, 1.807) is 23.5 Å². The largest absolute Gasteiger partial charge is 0.465 e. The number of furan rings is 2. The van der Waals surface area contributed by atoms with Crippen molar-refractivity contribution in [3.63, 3.8) is 0 Å². The van der Waals surface area contributed by atoms with E-state index < -0.39 is 0 Å². The SMILES string of the molecule is Cc1ccc(C(CNC(=O)c2ccc(-c3nc4ccccc4s3)o2)N2CCOCC2)o1. The van der Waals surface area contributed by atoms with Crippen molar-refractivity contribution in [3.8, 4) is 10.8 Å². The number of aryl methyl sites for hydroxylation is 1. The summed E-state index contributed by atoms with van der Waals surface area (Å²) in [6.07, 6.45) is 0. The van der Waals surface area contributed by atoms with Gasteiger partial charge in [-0.25, -0.2) is 4.98 Å². The second-order valence-corrected chi connectivity index (χ2v) is 8.50. The molecule has 1 aliphatic rings. The second-order valence-electron chi connectivity index (χ2n) is 7.47. The van der Waals surface area contributed by atoms with E-state index in [0.717, 1.165) is 39.8 Å². The molecule has 0 radical (unpaired) electrons. The number of carbonyl (C=O) groups is 1. The van der Waals surface area contributed by atoms with Crippen molar-refractivity contribution < 1.29 is 18.4 Å². The van der Waals surface area contributed by atoms with Crippen LogP contribution in [0.15, 0.2) is 57.4 Å². The third-order valence-electron chi connectivity index (χ3n) is 5.37. The molecule has 3 aromatic heterocycles. The summed E-state index contributed by atoms with van der Waals surface area (Å²) in [5, 5.41) is 3.76. The van der Waals surface area contributed by atoms with Crippen LogP contribution in [-0.2, 0) is 4.74 Å². The number of hydrogen-bond donors (Lipinski definition) is 1. The first-order valence-corrected chi connectivity index (χ1v) is 11.1. The number of amides is 1. The normalized spacial score (nSPS) is 15.9. The zero-order valence-electron chi connectivity index (χ0n) is 17.2. The van der Waals surface area contributed by atoms with E-state index in [4.69, 9.17) is 13.6 Å². The molecule has 4 heterocycles. The third-order valence-corrected chi connectivity index (χ3v) is 6.42. The molecular weight excluding hydrogens is 414 g/mol. The van der Waals surface area contributed by atoms with Gasteiger partial charge in [-0.2, -0.15) is 0 Å². The van der Waals surface area contributed by atoms with Crippen molar-refractivity contribution in [1.82, 2.24) is 15.2 Å². The topological polar surface area (TPSA) is 80.7 Å². The lowest BCUT2D eigenvalue weighted by Gasteiger charge is -2.33. The van der Waals surface area contributed by atoms with E-state index in [-0.39, 0.29) is 17.7 Å². The number of hydrogen-bond acceptors (Lipinski definition) is 7. The van der Waals surface area contributed by atoms with Crippen LogP contribution in [0.25, 0.3) is 21.0 Å². The van der Waals surface area contributed by atoms with Crippen LogP contribution in [0.5, 0.6) is 0 Å². The molecule has 1 fully saturated rings. The van der Waals surface area contributed by atoms with E-state index in [1.807, 2.05) is 43.3 Å². The highest BCUT2D eigenvalue weighted by Gasteiger charge is 2.26. The summed E-state index contributed by atoms with van der Waals surface area (Å²) in [6, 6.07) is 15.3. The molecule has 0 aliphatic carbocycles. The molecule has 0 spiro atoms. The van der Waals surface area contributed by atoms with Crippen molar-refractivity contribution in [2.45, 2.75) is 13.0 Å². The zero-order valence-corrected chi connectivity index (χ0v) is 18.0. The smallest absolute Gasteiger partial charge is 0.287 e. The molecule has 1 aromatic carbocycles. The Balaban J connectivity index is 1.29. The Kier molecular flexibility index (Phi) is 5.59. The van der Waals surface area contributed by atoms with Gasteiger partial charge in [0.05, 0.1) is 29.5 Å². The van der Waals surface area contributed by atoms with Crippen molar-refractivity contribution in [2.24, 2.45) is 0 Å². The third kappa shape index (κ3) is 4.27. The van der Waals surface area contributed by atoms with Gasteiger partial charge in [0, 0.05) is 19.6 Å². The van der Waals surface area contributed by atoms with Crippen LogP contribution in [0, 0.1) is 6.92 Å². The number of thiazole rings is 1. The summed E-state index contributed by atoms with van der Waals surface area (Å²) in [5.74, 6) is 2.30. The van der Waals surface area contributed by atoms with E-state index in [9.17, 15) is 4.79 Å². The molecule has 1 unspecified atom stereocenters. The van der Waals surface area contributed by atoms with Crippen molar-refractivity contribution in [1.29, 1.82) is 0 Å². The number of fused-ring (bicyclic) bond motifs is 1. The first-order valence-electron chi connectivity index (χ1n) is 10.3. The maximum Gasteiger partial charge on any atom is 0.287 e. The predicted molar refractivity (Wildman–Crippen MR) is 118 cm³/mol. The fraction of sp³-hybridized carbons (Fsp3) is 0.304. The van der Waals surface area contributed by atoms with Crippen LogP contribution in [0.1, 0.15) is 28.1 Å². The number of rotatable bonds is 6. The standard InChI is InChI=1S/C23H23N3O4S/c1-15-6-7-18(29-15)17(26-10-12-28-13-11-26)14-24-22(27)19-8-9-20(30-19)23-25-16-4-2-3-5-21(16)31-23/h2-9,17H,10-14H2,1H3,(H,24,27). The Hall–Kier alpha value is -2.94. The summed E-state index contributed by atoms with van der Waals surface area (Å²) in [6.45, 7) is 5.28. The molecule has 8 heteroatoms. The monoisotopic (exact) mass is 437 g/mol. The lowest BCUT2D eigenvalue weighted by molar-refractivity contribution is 0.0116. The number of benzene rings is 1. The highest BCUT2D eigenvalue weighted by atomic mass is 32.1. The fourth-order valence-corrected chi connectivity index (χ4v) is 4.69. The summed E-state index contributed by atoms with van der Waals surface area (Å²) < 4.78 is 18.2. The zero-order chi connectivity index (χ0) is 21.2. The average molecular weight is 438 g/mol. The second kappa shape index (κ2) is 8.66. The van der Waals surface area contributed by atoms with Crippen molar-refractivity contribution in [3.05, 3.63) is 65.8 Å². The molecule has 4 aromatic rings. The van der Waals surface area contributed by atoms with Gasteiger partial charge in [-0.1, -0.05) is 12.1 Å². The molecular formula is C23H23N3O4S. The number of aromatic nitrogens is 1. The molecule has 7 nitrogen and oxygen atoms in total. The molecule has 1 saturated heterocycles. The van der Waals surface area contributed by atoms with Gasteiger partial charge < -0.3 is 18.9 Å². The van der Waals surface area contributed by atoms with E-state index in [1.165, 1.54) is 0 Å². The lowest BCUT2D eigenvalue weighted by atomic mass is 10.1. The van der Waals surface area contributed by atoms with Gasteiger partial charge in [0.25, 0.3) is 5.91 Å². The number of ether oxygens (including phenoxy) is 1. The number of nitrogens with one attached hydrogen (secondary N) is 1.